The van der Waals surface area contributed by atoms with Crippen LogP contribution in [0, 0.1) is 4.77 Å². The molecule has 0 saturated heterocycles. The van der Waals surface area contributed by atoms with Gasteiger partial charge in [0.15, 0.2) is 5.82 Å². The van der Waals surface area contributed by atoms with Crippen LogP contribution >= 0.6 is 23.6 Å². The predicted octanol–water partition coefficient (Wildman–Crippen LogP) is 3.47. The number of aromatic amines is 1. The Hall–Kier alpha value is -2.45. The zero-order valence-electron chi connectivity index (χ0n) is 12.3. The van der Waals surface area contributed by atoms with Gasteiger partial charge in [0.05, 0.1) is 13.3 Å². The molecule has 0 aliphatic heterocycles. The number of hydrogen-bond acceptors (Lipinski definition) is 6. The average molecular weight is 346 g/mol. The number of aromatic nitrogens is 3. The zero-order chi connectivity index (χ0) is 16.1. The van der Waals surface area contributed by atoms with Crippen molar-refractivity contribution in [3.05, 3.63) is 57.3 Å². The summed E-state index contributed by atoms with van der Waals surface area (Å²) in [5.41, 5.74) is 0. The molecule has 8 heteroatoms. The highest BCUT2D eigenvalue weighted by Gasteiger charge is 2.06. The van der Waals surface area contributed by atoms with Crippen molar-refractivity contribution >= 4 is 29.8 Å². The molecule has 0 bridgehead atoms. The van der Waals surface area contributed by atoms with E-state index in [1.165, 1.54) is 0 Å². The quantitative estimate of drug-likeness (QED) is 0.548. The molecular formula is C15H14N4O2S2. The standard InChI is InChI=1S/C15H14N4O2S2/c1-20-11-4-2-5-12(8-11)21-10-14-17-18-15(22)19(14)16-9-13-6-3-7-23-13/h2-9H,10H2,1H3,(H,18,22)/b16-9-. The molecule has 23 heavy (non-hydrogen) atoms. The van der Waals surface area contributed by atoms with Crippen LogP contribution in [0.1, 0.15) is 10.7 Å². The van der Waals surface area contributed by atoms with E-state index in [1.54, 1.807) is 35.4 Å². The number of nitrogens with one attached hydrogen (secondary N) is 1. The Morgan fingerprint density at radius 3 is 3.00 bits per heavy atom. The Kier molecular flexibility index (Phi) is 4.84. The van der Waals surface area contributed by atoms with E-state index in [0.717, 1.165) is 10.6 Å². The second kappa shape index (κ2) is 7.21. The smallest absolute Gasteiger partial charge is 0.216 e. The number of thiophene rings is 1. The summed E-state index contributed by atoms with van der Waals surface area (Å²) < 4.78 is 12.9. The number of hydrogen-bond donors (Lipinski definition) is 1. The Morgan fingerprint density at radius 2 is 2.22 bits per heavy atom. The fourth-order valence-corrected chi connectivity index (χ4v) is 2.63. The Balaban J connectivity index is 1.74. The molecule has 2 heterocycles. The highest BCUT2D eigenvalue weighted by Crippen LogP contribution is 2.19. The molecule has 0 radical (unpaired) electrons. The van der Waals surface area contributed by atoms with E-state index in [9.17, 15) is 0 Å². The molecule has 0 fully saturated rings. The second-order valence-electron chi connectivity index (χ2n) is 4.48. The minimum atomic E-state index is 0.238. The SMILES string of the molecule is COc1cccc(OCc2n[nH]c(=S)n2/N=C\c2cccs2)c1. The van der Waals surface area contributed by atoms with Gasteiger partial charge in [0.2, 0.25) is 4.77 Å². The second-order valence-corrected chi connectivity index (χ2v) is 5.85. The van der Waals surface area contributed by atoms with Crippen LogP contribution < -0.4 is 9.47 Å². The summed E-state index contributed by atoms with van der Waals surface area (Å²) in [6.07, 6.45) is 1.74. The van der Waals surface area contributed by atoms with Crippen molar-refractivity contribution in [1.29, 1.82) is 0 Å². The van der Waals surface area contributed by atoms with Crippen LogP contribution in [0.3, 0.4) is 0 Å². The van der Waals surface area contributed by atoms with Crippen LogP contribution in [-0.2, 0) is 6.61 Å². The van der Waals surface area contributed by atoms with E-state index < -0.39 is 0 Å². The van der Waals surface area contributed by atoms with Crippen molar-refractivity contribution < 1.29 is 9.47 Å². The molecule has 0 unspecified atom stereocenters. The number of methoxy groups -OCH3 is 1. The summed E-state index contributed by atoms with van der Waals surface area (Å²) in [4.78, 5) is 1.03. The van der Waals surface area contributed by atoms with Gasteiger partial charge in [-0.2, -0.15) is 14.9 Å². The fraction of sp³-hybridized carbons (Fsp3) is 0.133. The highest BCUT2D eigenvalue weighted by atomic mass is 32.1. The first-order valence-electron chi connectivity index (χ1n) is 6.77. The van der Waals surface area contributed by atoms with Crippen LogP contribution in [0.25, 0.3) is 0 Å². The molecule has 0 aliphatic carbocycles. The molecule has 3 aromatic rings. The maximum absolute atomic E-state index is 5.72. The van der Waals surface area contributed by atoms with Crippen LogP contribution in [0.15, 0.2) is 46.9 Å². The van der Waals surface area contributed by atoms with Crippen molar-refractivity contribution in [3.8, 4) is 11.5 Å². The van der Waals surface area contributed by atoms with E-state index in [-0.39, 0.29) is 6.61 Å². The number of rotatable bonds is 6. The molecule has 6 nitrogen and oxygen atoms in total. The van der Waals surface area contributed by atoms with Crippen LogP contribution in [0.5, 0.6) is 11.5 Å². The predicted molar refractivity (Wildman–Crippen MR) is 92.0 cm³/mol. The molecule has 0 saturated carbocycles. The Morgan fingerprint density at radius 1 is 1.35 bits per heavy atom. The lowest BCUT2D eigenvalue weighted by Gasteiger charge is -2.07. The highest BCUT2D eigenvalue weighted by molar-refractivity contribution is 7.71. The molecule has 118 valence electrons. The molecule has 0 spiro atoms. The summed E-state index contributed by atoms with van der Waals surface area (Å²) >= 11 is 6.80. The Labute approximate surface area is 142 Å². The van der Waals surface area contributed by atoms with Gasteiger partial charge in [-0.15, -0.1) is 11.3 Å². The lowest BCUT2D eigenvalue weighted by molar-refractivity contribution is 0.288. The number of H-pyrrole nitrogens is 1. The lowest BCUT2D eigenvalue weighted by atomic mass is 10.3. The van der Waals surface area contributed by atoms with Gasteiger partial charge in [-0.25, -0.2) is 5.10 Å². The van der Waals surface area contributed by atoms with Gasteiger partial charge >= 0.3 is 0 Å². The van der Waals surface area contributed by atoms with Gasteiger partial charge in [0.1, 0.15) is 18.1 Å². The van der Waals surface area contributed by atoms with Crippen LogP contribution in [0.4, 0.5) is 0 Å². The van der Waals surface area contributed by atoms with E-state index in [0.29, 0.717) is 16.3 Å². The minimum absolute atomic E-state index is 0.238. The molecule has 0 amide bonds. The number of benzene rings is 1. The topological polar surface area (TPSA) is 64.4 Å². The van der Waals surface area contributed by atoms with E-state index >= 15 is 0 Å². The van der Waals surface area contributed by atoms with Crippen LogP contribution in [-0.4, -0.2) is 28.2 Å². The van der Waals surface area contributed by atoms with E-state index in [2.05, 4.69) is 15.3 Å². The third-order valence-electron chi connectivity index (χ3n) is 2.97. The summed E-state index contributed by atoms with van der Waals surface area (Å²) in [5.74, 6) is 2.01. The molecule has 1 N–H and O–H groups in total. The van der Waals surface area contributed by atoms with Crippen molar-refractivity contribution in [3.63, 3.8) is 0 Å². The van der Waals surface area contributed by atoms with Gasteiger partial charge in [-0.05, 0) is 35.8 Å². The summed E-state index contributed by atoms with van der Waals surface area (Å²) in [5, 5.41) is 13.2. The lowest BCUT2D eigenvalue weighted by Crippen LogP contribution is -2.04. The first kappa shape index (κ1) is 15.4. The maximum Gasteiger partial charge on any atom is 0.216 e. The third-order valence-corrected chi connectivity index (χ3v) is 4.04. The fourth-order valence-electron chi connectivity index (χ4n) is 1.86. The van der Waals surface area contributed by atoms with Gasteiger partial charge in [0.25, 0.3) is 0 Å². The first-order valence-corrected chi connectivity index (χ1v) is 8.06. The average Bonchev–Trinajstić information content (AvgIpc) is 3.21. The van der Waals surface area contributed by atoms with E-state index in [4.69, 9.17) is 21.7 Å². The summed E-state index contributed by atoms with van der Waals surface area (Å²) in [6.45, 7) is 0.238. The van der Waals surface area contributed by atoms with Gasteiger partial charge in [0, 0.05) is 10.9 Å². The minimum Gasteiger partial charge on any atom is -0.497 e. The molecule has 0 aliphatic rings. The van der Waals surface area contributed by atoms with Crippen LogP contribution in [0.2, 0.25) is 0 Å². The molecule has 2 aromatic heterocycles. The van der Waals surface area contributed by atoms with Crippen molar-refractivity contribution in [2.75, 3.05) is 7.11 Å². The third kappa shape index (κ3) is 3.85. The Bertz CT molecular complexity index is 852. The van der Waals surface area contributed by atoms with Crippen molar-refractivity contribution in [2.45, 2.75) is 6.61 Å². The number of nitrogens with zero attached hydrogens (tertiary/aromatic N) is 3. The normalized spacial score (nSPS) is 11.0. The molecule has 0 atom stereocenters. The largest absolute Gasteiger partial charge is 0.497 e. The summed E-state index contributed by atoms with van der Waals surface area (Å²) in [7, 11) is 1.61. The van der Waals surface area contributed by atoms with E-state index in [1.807, 2.05) is 35.7 Å². The summed E-state index contributed by atoms with van der Waals surface area (Å²) in [6, 6.07) is 11.3. The van der Waals surface area contributed by atoms with Gasteiger partial charge < -0.3 is 9.47 Å². The maximum atomic E-state index is 5.72. The molecule has 3 rings (SSSR count). The number of ether oxygens (including phenoxy) is 2. The monoisotopic (exact) mass is 346 g/mol. The first-order chi connectivity index (χ1) is 11.3. The van der Waals surface area contributed by atoms with Gasteiger partial charge in [-0.1, -0.05) is 12.1 Å². The van der Waals surface area contributed by atoms with Gasteiger partial charge in [-0.3, -0.25) is 0 Å². The zero-order valence-corrected chi connectivity index (χ0v) is 13.9. The molecular weight excluding hydrogens is 332 g/mol. The van der Waals surface area contributed by atoms with Crippen molar-refractivity contribution in [2.24, 2.45) is 5.10 Å². The van der Waals surface area contributed by atoms with Crippen molar-refractivity contribution in [1.82, 2.24) is 14.9 Å². The molecule has 1 aromatic carbocycles.